The number of thiophene rings is 1. The number of benzene rings is 2. The summed E-state index contributed by atoms with van der Waals surface area (Å²) in [5.74, 6) is 0.00151. The van der Waals surface area contributed by atoms with Crippen LogP contribution in [0.2, 0.25) is 0 Å². The van der Waals surface area contributed by atoms with Crippen LogP contribution in [0.5, 0.6) is 0 Å². The molecule has 5 rings (SSSR count). The number of hydrogen-bond acceptors (Lipinski definition) is 5. The van der Waals surface area contributed by atoms with Crippen LogP contribution in [0, 0.1) is 6.92 Å². The van der Waals surface area contributed by atoms with Gasteiger partial charge in [0.2, 0.25) is 0 Å². The Balaban J connectivity index is 1.18. The normalized spacial score (nSPS) is 15.5. The Kier molecular flexibility index (Phi) is 6.65. The summed E-state index contributed by atoms with van der Waals surface area (Å²) in [7, 11) is 0. The third-order valence-corrected chi connectivity index (χ3v) is 7.77. The highest BCUT2D eigenvalue weighted by atomic mass is 32.1. The van der Waals surface area contributed by atoms with E-state index >= 15 is 0 Å². The van der Waals surface area contributed by atoms with Crippen LogP contribution in [-0.2, 0) is 6.54 Å². The van der Waals surface area contributed by atoms with Crippen molar-refractivity contribution >= 4 is 33.1 Å². The van der Waals surface area contributed by atoms with Crippen LogP contribution < -0.4 is 10.2 Å². The Morgan fingerprint density at radius 2 is 1.71 bits per heavy atom. The lowest BCUT2D eigenvalue weighted by Crippen LogP contribution is -2.52. The highest BCUT2D eigenvalue weighted by Crippen LogP contribution is 2.29. The minimum Gasteiger partial charge on any atom is -0.369 e. The average Bonchev–Trinajstić information content (AvgIpc) is 3.45. The summed E-state index contributed by atoms with van der Waals surface area (Å²) in [6.45, 7) is 9.59. The lowest BCUT2D eigenvalue weighted by atomic mass is 10.2. The van der Waals surface area contributed by atoms with E-state index in [1.807, 2.05) is 35.9 Å². The van der Waals surface area contributed by atoms with Gasteiger partial charge in [-0.3, -0.25) is 14.4 Å². The number of carbonyl (C=O) groups is 1. The van der Waals surface area contributed by atoms with E-state index in [0.717, 1.165) is 47.0 Å². The van der Waals surface area contributed by atoms with Gasteiger partial charge in [0.15, 0.2) is 0 Å². The summed E-state index contributed by atoms with van der Waals surface area (Å²) in [6, 6.07) is 23.2. The van der Waals surface area contributed by atoms with Crippen LogP contribution in [0.4, 0.5) is 5.69 Å². The van der Waals surface area contributed by atoms with Crippen LogP contribution in [0.25, 0.3) is 10.2 Å². The molecule has 2 aromatic carbocycles. The first-order chi connectivity index (χ1) is 16.6. The molecule has 1 N–H and O–H groups in total. The van der Waals surface area contributed by atoms with Crippen LogP contribution >= 0.6 is 11.3 Å². The molecule has 3 heterocycles. The van der Waals surface area contributed by atoms with Crippen molar-refractivity contribution < 1.29 is 4.79 Å². The summed E-state index contributed by atoms with van der Waals surface area (Å²) in [5.41, 5.74) is 3.45. The van der Waals surface area contributed by atoms with E-state index < -0.39 is 0 Å². The smallest absolute Gasteiger partial charge is 0.261 e. The Morgan fingerprint density at radius 3 is 2.41 bits per heavy atom. The molecule has 1 atom stereocenters. The van der Waals surface area contributed by atoms with Crippen molar-refractivity contribution in [1.29, 1.82) is 0 Å². The maximum Gasteiger partial charge on any atom is 0.261 e. The molecule has 1 aliphatic heterocycles. The highest BCUT2D eigenvalue weighted by molar-refractivity contribution is 7.20. The first-order valence-electron chi connectivity index (χ1n) is 11.9. The number of piperazine rings is 1. The first-order valence-corrected chi connectivity index (χ1v) is 12.7. The number of aromatic nitrogens is 2. The SMILES string of the molecule is Cc1nn(Cc2ccccc2)c2sc(C(=O)NCC(C)N3CCN(c4ccccc4)CC3)cc12. The predicted molar refractivity (Wildman–Crippen MR) is 140 cm³/mol. The van der Waals surface area contributed by atoms with Crippen LogP contribution in [-0.4, -0.2) is 59.4 Å². The number of anilines is 1. The second-order valence-corrected chi connectivity index (χ2v) is 10.0. The molecule has 7 heteroatoms. The molecule has 176 valence electrons. The first kappa shape index (κ1) is 22.6. The molecule has 1 amide bonds. The monoisotopic (exact) mass is 473 g/mol. The Hall–Kier alpha value is -3.16. The van der Waals surface area contributed by atoms with Crippen molar-refractivity contribution in [3.05, 3.63) is 82.9 Å². The van der Waals surface area contributed by atoms with Gasteiger partial charge in [-0.2, -0.15) is 5.10 Å². The quantitative estimate of drug-likeness (QED) is 0.432. The van der Waals surface area contributed by atoms with E-state index in [1.165, 1.54) is 22.6 Å². The van der Waals surface area contributed by atoms with E-state index in [2.05, 4.69) is 64.5 Å². The molecular formula is C27H31N5OS. The van der Waals surface area contributed by atoms with Crippen LogP contribution in [0.15, 0.2) is 66.7 Å². The van der Waals surface area contributed by atoms with Crippen LogP contribution in [0.1, 0.15) is 27.9 Å². The van der Waals surface area contributed by atoms with Crippen LogP contribution in [0.3, 0.4) is 0 Å². The number of nitrogens with one attached hydrogen (secondary N) is 1. The summed E-state index contributed by atoms with van der Waals surface area (Å²) >= 11 is 1.53. The van der Waals surface area contributed by atoms with Crippen molar-refractivity contribution in [3.8, 4) is 0 Å². The average molecular weight is 474 g/mol. The number of carbonyl (C=O) groups excluding carboxylic acids is 1. The van der Waals surface area contributed by atoms with E-state index in [1.54, 1.807) is 0 Å². The molecule has 1 aliphatic rings. The number of hydrogen-bond donors (Lipinski definition) is 1. The molecule has 4 aromatic rings. The van der Waals surface area contributed by atoms with Crippen molar-refractivity contribution in [1.82, 2.24) is 20.0 Å². The highest BCUT2D eigenvalue weighted by Gasteiger charge is 2.22. The molecule has 0 saturated carbocycles. The van der Waals surface area contributed by atoms with Gasteiger partial charge in [0.1, 0.15) is 4.83 Å². The molecule has 0 aliphatic carbocycles. The second-order valence-electron chi connectivity index (χ2n) is 8.98. The number of amides is 1. The number of nitrogens with zero attached hydrogens (tertiary/aromatic N) is 4. The number of fused-ring (bicyclic) bond motifs is 1. The molecule has 1 saturated heterocycles. The zero-order valence-corrected chi connectivity index (χ0v) is 20.6. The van der Waals surface area contributed by atoms with Gasteiger partial charge in [-0.05, 0) is 37.6 Å². The number of rotatable bonds is 7. The van der Waals surface area contributed by atoms with Gasteiger partial charge < -0.3 is 10.2 Å². The third-order valence-electron chi connectivity index (χ3n) is 6.62. The van der Waals surface area contributed by atoms with E-state index in [9.17, 15) is 4.79 Å². The van der Waals surface area contributed by atoms with Gasteiger partial charge in [-0.1, -0.05) is 48.5 Å². The van der Waals surface area contributed by atoms with E-state index in [0.29, 0.717) is 19.1 Å². The molecule has 6 nitrogen and oxygen atoms in total. The minimum absolute atomic E-state index is 0.00151. The van der Waals surface area contributed by atoms with Gasteiger partial charge in [0.05, 0.1) is 17.1 Å². The summed E-state index contributed by atoms with van der Waals surface area (Å²) < 4.78 is 2.01. The minimum atomic E-state index is 0.00151. The summed E-state index contributed by atoms with van der Waals surface area (Å²) in [6.07, 6.45) is 0. The maximum atomic E-state index is 13.0. The lowest BCUT2D eigenvalue weighted by Gasteiger charge is -2.39. The Bertz CT molecular complexity index is 1240. The van der Waals surface area contributed by atoms with Gasteiger partial charge >= 0.3 is 0 Å². The van der Waals surface area contributed by atoms with Gasteiger partial charge in [0.25, 0.3) is 5.91 Å². The molecular weight excluding hydrogens is 442 g/mol. The topological polar surface area (TPSA) is 53.4 Å². The van der Waals surface area contributed by atoms with Crippen molar-refractivity contribution in [2.24, 2.45) is 0 Å². The fourth-order valence-electron chi connectivity index (χ4n) is 4.60. The second kappa shape index (κ2) is 9.99. The summed E-state index contributed by atoms with van der Waals surface area (Å²) in [4.78, 5) is 19.7. The third kappa shape index (κ3) is 4.86. The summed E-state index contributed by atoms with van der Waals surface area (Å²) in [5, 5.41) is 8.92. The van der Waals surface area contributed by atoms with Gasteiger partial charge in [-0.25, -0.2) is 0 Å². The molecule has 34 heavy (non-hydrogen) atoms. The molecule has 0 radical (unpaired) electrons. The number of aryl methyl sites for hydroxylation is 1. The number of para-hydroxylation sites is 1. The zero-order valence-electron chi connectivity index (χ0n) is 19.8. The van der Waals surface area contributed by atoms with E-state index in [4.69, 9.17) is 5.10 Å². The predicted octanol–water partition coefficient (Wildman–Crippen LogP) is 4.40. The fourth-order valence-corrected chi connectivity index (χ4v) is 5.68. The molecule has 2 aromatic heterocycles. The standard InChI is InChI=1S/C27H31N5OS/c1-20(30-13-15-31(16-14-30)23-11-7-4-8-12-23)18-28-26(33)25-17-24-21(2)29-32(27(24)34-25)19-22-9-5-3-6-10-22/h3-12,17,20H,13-16,18-19H2,1-2H3,(H,28,33). The zero-order chi connectivity index (χ0) is 23.5. The molecule has 1 fully saturated rings. The van der Waals surface area contributed by atoms with E-state index in [-0.39, 0.29) is 5.91 Å². The van der Waals surface area contributed by atoms with Gasteiger partial charge in [-0.15, -0.1) is 11.3 Å². The Labute approximate surface area is 204 Å². The molecule has 1 unspecified atom stereocenters. The molecule has 0 bridgehead atoms. The Morgan fingerprint density at radius 1 is 1.03 bits per heavy atom. The largest absolute Gasteiger partial charge is 0.369 e. The maximum absolute atomic E-state index is 13.0. The van der Waals surface area contributed by atoms with Crippen molar-refractivity contribution in [3.63, 3.8) is 0 Å². The molecule has 0 spiro atoms. The fraction of sp³-hybridized carbons (Fsp3) is 0.333. The van der Waals surface area contributed by atoms with Crippen molar-refractivity contribution in [2.45, 2.75) is 26.4 Å². The lowest BCUT2D eigenvalue weighted by molar-refractivity contribution is 0.0938. The van der Waals surface area contributed by atoms with Gasteiger partial charge in [0, 0.05) is 49.8 Å². The van der Waals surface area contributed by atoms with Crippen molar-refractivity contribution in [2.75, 3.05) is 37.6 Å².